The molecule has 3 saturated carbocycles. The van der Waals surface area contributed by atoms with E-state index >= 15 is 0 Å². The van der Waals surface area contributed by atoms with Crippen molar-refractivity contribution in [2.45, 2.75) is 62.8 Å². The summed E-state index contributed by atoms with van der Waals surface area (Å²) < 4.78 is 11.7. The van der Waals surface area contributed by atoms with E-state index in [2.05, 4.69) is 15.6 Å². The van der Waals surface area contributed by atoms with Gasteiger partial charge in [0.1, 0.15) is 6.54 Å². The Labute approximate surface area is 155 Å². The zero-order valence-corrected chi connectivity index (χ0v) is 16.0. The first kappa shape index (κ1) is 18.0. The number of fused-ring (bicyclic) bond motifs is 2. The minimum absolute atomic E-state index is 0.0180. The van der Waals surface area contributed by atoms with Crippen molar-refractivity contribution >= 4 is 11.9 Å². The normalized spacial score (nSPS) is 35.2. The third-order valence-electron chi connectivity index (χ3n) is 6.52. The molecule has 4 atom stereocenters. The molecule has 1 amide bonds. The van der Waals surface area contributed by atoms with Crippen molar-refractivity contribution in [1.29, 1.82) is 0 Å². The van der Waals surface area contributed by atoms with Crippen molar-refractivity contribution < 1.29 is 14.3 Å². The summed E-state index contributed by atoms with van der Waals surface area (Å²) in [4.78, 5) is 18.2. The van der Waals surface area contributed by atoms with Gasteiger partial charge in [-0.25, -0.2) is 4.99 Å². The molecule has 26 heavy (non-hydrogen) atoms. The van der Waals surface area contributed by atoms with Crippen molar-refractivity contribution in [1.82, 2.24) is 15.5 Å². The lowest BCUT2D eigenvalue weighted by Crippen LogP contribution is -2.49. The molecule has 4 aliphatic rings. The number of hydrogen-bond acceptors (Lipinski definition) is 4. The minimum atomic E-state index is -0.394. The van der Waals surface area contributed by atoms with Gasteiger partial charge in [0, 0.05) is 39.0 Å². The van der Waals surface area contributed by atoms with Gasteiger partial charge in [-0.3, -0.25) is 4.79 Å². The van der Waals surface area contributed by atoms with E-state index in [1.807, 2.05) is 0 Å². The molecule has 146 valence electrons. The van der Waals surface area contributed by atoms with Crippen molar-refractivity contribution in [3.63, 3.8) is 0 Å². The van der Waals surface area contributed by atoms with Crippen LogP contribution in [0.25, 0.3) is 0 Å². The number of amides is 1. The van der Waals surface area contributed by atoms with Gasteiger partial charge in [0.2, 0.25) is 5.91 Å². The number of ether oxygens (including phenoxy) is 2. The van der Waals surface area contributed by atoms with Crippen LogP contribution < -0.4 is 10.6 Å². The zero-order chi connectivity index (χ0) is 18.1. The number of guanidine groups is 1. The van der Waals surface area contributed by atoms with Crippen LogP contribution in [0.1, 0.15) is 44.9 Å². The van der Waals surface area contributed by atoms with Crippen LogP contribution in [-0.4, -0.2) is 68.5 Å². The first-order valence-corrected chi connectivity index (χ1v) is 10.1. The Morgan fingerprint density at radius 2 is 1.96 bits per heavy atom. The maximum Gasteiger partial charge on any atom is 0.243 e. The largest absolute Gasteiger partial charge is 0.353 e. The van der Waals surface area contributed by atoms with Gasteiger partial charge in [-0.1, -0.05) is 6.42 Å². The lowest BCUT2D eigenvalue weighted by molar-refractivity contribution is -0.151. The molecule has 4 fully saturated rings. The van der Waals surface area contributed by atoms with E-state index < -0.39 is 5.79 Å². The van der Waals surface area contributed by atoms with Crippen LogP contribution in [0.3, 0.4) is 0 Å². The zero-order valence-electron chi connectivity index (χ0n) is 16.0. The predicted octanol–water partition coefficient (Wildman–Crippen LogP) is 1.09. The average molecular weight is 364 g/mol. The van der Waals surface area contributed by atoms with Crippen LogP contribution in [0.4, 0.5) is 0 Å². The van der Waals surface area contributed by atoms with E-state index in [1.165, 1.54) is 25.7 Å². The summed E-state index contributed by atoms with van der Waals surface area (Å²) in [5, 5.41) is 7.19. The molecule has 0 aromatic heterocycles. The van der Waals surface area contributed by atoms with Gasteiger partial charge in [-0.05, 0) is 37.5 Å². The van der Waals surface area contributed by atoms with Crippen molar-refractivity contribution in [2.75, 3.05) is 33.9 Å². The van der Waals surface area contributed by atoms with Crippen molar-refractivity contribution in [3.05, 3.63) is 0 Å². The Balaban J connectivity index is 1.38. The van der Waals surface area contributed by atoms with Crippen LogP contribution in [0.5, 0.6) is 0 Å². The second kappa shape index (κ2) is 7.35. The first-order valence-electron chi connectivity index (χ1n) is 10.1. The Bertz CT molecular complexity index is 559. The number of rotatable bonds is 4. The van der Waals surface area contributed by atoms with Gasteiger partial charge in [-0.2, -0.15) is 0 Å². The highest BCUT2D eigenvalue weighted by Gasteiger charge is 2.45. The van der Waals surface area contributed by atoms with Crippen LogP contribution in [0.2, 0.25) is 0 Å². The lowest BCUT2D eigenvalue weighted by Gasteiger charge is -2.27. The van der Waals surface area contributed by atoms with E-state index in [1.54, 1.807) is 19.0 Å². The third kappa shape index (κ3) is 3.83. The number of carbonyl (C=O) groups is 1. The smallest absolute Gasteiger partial charge is 0.243 e. The van der Waals surface area contributed by atoms with Crippen LogP contribution in [-0.2, 0) is 14.3 Å². The van der Waals surface area contributed by atoms with Crippen molar-refractivity contribution in [3.8, 4) is 0 Å². The molecule has 1 spiro atoms. The molecule has 7 nitrogen and oxygen atoms in total. The molecule has 0 aromatic rings. The molecule has 0 radical (unpaired) electrons. The number of likely N-dealkylation sites (N-methyl/N-ethyl adjacent to an activating group) is 1. The van der Waals surface area contributed by atoms with Crippen LogP contribution in [0, 0.1) is 11.8 Å². The second-order valence-corrected chi connectivity index (χ2v) is 8.57. The van der Waals surface area contributed by atoms with Gasteiger partial charge in [0.15, 0.2) is 11.7 Å². The molecule has 0 aromatic carbocycles. The maximum absolute atomic E-state index is 12.0. The van der Waals surface area contributed by atoms with Gasteiger partial charge in [0.05, 0.1) is 13.2 Å². The Morgan fingerprint density at radius 1 is 1.15 bits per heavy atom. The molecular formula is C19H32N4O3. The molecule has 1 aliphatic heterocycles. The summed E-state index contributed by atoms with van der Waals surface area (Å²) in [6, 6.07) is 0.760. The number of carbonyl (C=O) groups excluding carboxylic acids is 1. The topological polar surface area (TPSA) is 75.2 Å². The van der Waals surface area contributed by atoms with Gasteiger partial charge >= 0.3 is 0 Å². The number of nitrogens with zero attached hydrogens (tertiary/aromatic N) is 2. The van der Waals surface area contributed by atoms with Crippen LogP contribution >= 0.6 is 0 Å². The van der Waals surface area contributed by atoms with Crippen LogP contribution in [0.15, 0.2) is 4.99 Å². The van der Waals surface area contributed by atoms with E-state index in [4.69, 9.17) is 9.47 Å². The Hall–Kier alpha value is -1.34. The fraction of sp³-hybridized carbons (Fsp3) is 0.895. The highest BCUT2D eigenvalue weighted by Crippen LogP contribution is 2.44. The van der Waals surface area contributed by atoms with Gasteiger partial charge in [-0.15, -0.1) is 0 Å². The predicted molar refractivity (Wildman–Crippen MR) is 98.8 cm³/mol. The Morgan fingerprint density at radius 3 is 2.62 bits per heavy atom. The lowest BCUT2D eigenvalue weighted by atomic mass is 9.95. The summed E-state index contributed by atoms with van der Waals surface area (Å²) in [5.41, 5.74) is 0. The van der Waals surface area contributed by atoms with Gasteiger partial charge < -0.3 is 25.0 Å². The fourth-order valence-electron chi connectivity index (χ4n) is 5.07. The molecule has 1 heterocycles. The van der Waals surface area contributed by atoms with E-state index in [9.17, 15) is 4.79 Å². The quantitative estimate of drug-likeness (QED) is 0.577. The standard InChI is InChI=1S/C19H32N4O3/c1-23(2)17(24)12-20-18(22-16-10-13-3-4-14(16)9-13)21-15-5-6-19(11-15)25-7-8-26-19/h13-16H,3-12H2,1-2H3,(H2,20,21,22). The fourth-order valence-corrected chi connectivity index (χ4v) is 5.07. The molecule has 3 aliphatic carbocycles. The number of hydrogen-bond donors (Lipinski definition) is 2. The second-order valence-electron chi connectivity index (χ2n) is 8.57. The molecule has 7 heteroatoms. The van der Waals surface area contributed by atoms with E-state index in [-0.39, 0.29) is 18.5 Å². The monoisotopic (exact) mass is 364 g/mol. The number of nitrogens with one attached hydrogen (secondary N) is 2. The highest BCUT2D eigenvalue weighted by atomic mass is 16.7. The third-order valence-corrected chi connectivity index (χ3v) is 6.52. The average Bonchev–Trinajstić information content (AvgIpc) is 3.39. The molecule has 2 N–H and O–H groups in total. The Kier molecular flexibility index (Phi) is 5.10. The highest BCUT2D eigenvalue weighted by molar-refractivity contribution is 5.85. The van der Waals surface area contributed by atoms with E-state index in [0.29, 0.717) is 19.3 Å². The van der Waals surface area contributed by atoms with Gasteiger partial charge in [0.25, 0.3) is 0 Å². The maximum atomic E-state index is 12.0. The molecule has 4 rings (SSSR count). The summed E-state index contributed by atoms with van der Waals surface area (Å²) in [6.45, 7) is 1.55. The first-order chi connectivity index (χ1) is 12.5. The summed E-state index contributed by atoms with van der Waals surface area (Å²) >= 11 is 0. The molecule has 1 saturated heterocycles. The molecular weight excluding hydrogens is 332 g/mol. The summed E-state index contributed by atoms with van der Waals surface area (Å²) in [7, 11) is 3.54. The molecule has 2 bridgehead atoms. The SMILES string of the molecule is CN(C)C(=O)CN=C(NC1CCC2(C1)OCCO2)NC1CC2CCC1C2. The minimum Gasteiger partial charge on any atom is -0.353 e. The summed E-state index contributed by atoms with van der Waals surface area (Å²) in [6.07, 6.45) is 8.03. The molecule has 4 unspecified atom stereocenters. The van der Waals surface area contributed by atoms with Crippen molar-refractivity contribution in [2.24, 2.45) is 16.8 Å². The van der Waals surface area contributed by atoms with E-state index in [0.717, 1.165) is 37.1 Å². The summed E-state index contributed by atoms with van der Waals surface area (Å²) in [5.74, 6) is 2.03. The number of aliphatic imine (C=N–C) groups is 1.